The third-order valence-corrected chi connectivity index (χ3v) is 2.73. The van der Waals surface area contributed by atoms with E-state index in [9.17, 15) is 0 Å². The van der Waals surface area contributed by atoms with Crippen LogP contribution in [0.1, 0.15) is 5.56 Å². The van der Waals surface area contributed by atoms with E-state index in [0.717, 1.165) is 22.2 Å². The first-order chi connectivity index (χ1) is 8.92. The summed E-state index contributed by atoms with van der Waals surface area (Å²) < 4.78 is 0. The first kappa shape index (κ1) is 10.7. The number of rotatable bonds is 2. The standard InChI is InChI=1S/C16H12N2/c1-2-7-15(8-3-1)17-11-13-10-14-6-4-5-9-16(14)18-12-13/h1-12H. The number of aromatic nitrogens is 1. The van der Waals surface area contributed by atoms with Crippen LogP contribution >= 0.6 is 0 Å². The van der Waals surface area contributed by atoms with Gasteiger partial charge >= 0.3 is 0 Å². The van der Waals surface area contributed by atoms with Crippen molar-refractivity contribution < 1.29 is 0 Å². The van der Waals surface area contributed by atoms with Gasteiger partial charge in [-0.05, 0) is 24.3 Å². The van der Waals surface area contributed by atoms with Gasteiger partial charge in [-0.2, -0.15) is 0 Å². The molecule has 2 aromatic carbocycles. The van der Waals surface area contributed by atoms with Gasteiger partial charge in [0.1, 0.15) is 0 Å². The smallest absolute Gasteiger partial charge is 0.0702 e. The van der Waals surface area contributed by atoms with Crippen LogP contribution in [-0.2, 0) is 0 Å². The summed E-state index contributed by atoms with van der Waals surface area (Å²) in [5, 5.41) is 1.13. The Morgan fingerprint density at radius 3 is 2.56 bits per heavy atom. The average molecular weight is 232 g/mol. The van der Waals surface area contributed by atoms with Crippen molar-refractivity contribution in [3.8, 4) is 0 Å². The fourth-order valence-corrected chi connectivity index (χ4v) is 1.82. The highest BCUT2D eigenvalue weighted by atomic mass is 14.7. The zero-order valence-corrected chi connectivity index (χ0v) is 9.82. The van der Waals surface area contributed by atoms with Gasteiger partial charge in [0.05, 0.1) is 11.2 Å². The van der Waals surface area contributed by atoms with E-state index in [1.54, 1.807) is 0 Å². The molecule has 0 N–H and O–H groups in total. The lowest BCUT2D eigenvalue weighted by Crippen LogP contribution is -1.84. The minimum atomic E-state index is 0.950. The number of para-hydroxylation sites is 2. The quantitative estimate of drug-likeness (QED) is 0.613. The van der Waals surface area contributed by atoms with E-state index in [-0.39, 0.29) is 0 Å². The van der Waals surface area contributed by atoms with E-state index in [0.29, 0.717) is 0 Å². The Labute approximate surface area is 106 Å². The van der Waals surface area contributed by atoms with Crippen LogP contribution in [0.4, 0.5) is 5.69 Å². The summed E-state index contributed by atoms with van der Waals surface area (Å²) >= 11 is 0. The number of aliphatic imine (C=N–C) groups is 1. The van der Waals surface area contributed by atoms with Crippen LogP contribution in [-0.4, -0.2) is 11.2 Å². The molecule has 0 fully saturated rings. The van der Waals surface area contributed by atoms with Crippen LogP contribution in [0.2, 0.25) is 0 Å². The maximum atomic E-state index is 4.42. The van der Waals surface area contributed by atoms with Crippen molar-refractivity contribution in [3.05, 3.63) is 72.4 Å². The third-order valence-electron chi connectivity index (χ3n) is 2.73. The van der Waals surface area contributed by atoms with E-state index < -0.39 is 0 Å². The molecule has 0 unspecified atom stereocenters. The molecule has 0 aliphatic carbocycles. The number of hydrogen-bond acceptors (Lipinski definition) is 2. The van der Waals surface area contributed by atoms with Crippen LogP contribution in [0.5, 0.6) is 0 Å². The summed E-state index contributed by atoms with van der Waals surface area (Å²) in [7, 11) is 0. The molecule has 2 nitrogen and oxygen atoms in total. The predicted octanol–water partition coefficient (Wildman–Crippen LogP) is 3.99. The maximum absolute atomic E-state index is 4.42. The third kappa shape index (κ3) is 2.28. The molecule has 1 heterocycles. The monoisotopic (exact) mass is 232 g/mol. The molecule has 1 aromatic heterocycles. The van der Waals surface area contributed by atoms with Crippen molar-refractivity contribution >= 4 is 22.8 Å². The number of nitrogens with zero attached hydrogens (tertiary/aromatic N) is 2. The van der Waals surface area contributed by atoms with E-state index in [4.69, 9.17) is 0 Å². The molecule has 0 bridgehead atoms. The van der Waals surface area contributed by atoms with Crippen molar-refractivity contribution in [1.29, 1.82) is 0 Å². The highest BCUT2D eigenvalue weighted by Gasteiger charge is 1.94. The summed E-state index contributed by atoms with van der Waals surface area (Å²) in [5.41, 5.74) is 2.97. The topological polar surface area (TPSA) is 25.2 Å². The molecule has 0 aliphatic heterocycles. The van der Waals surface area contributed by atoms with Gasteiger partial charge in [-0.25, -0.2) is 0 Å². The summed E-state index contributed by atoms with van der Waals surface area (Å²) in [6.07, 6.45) is 3.68. The maximum Gasteiger partial charge on any atom is 0.0702 e. The molecule has 0 aliphatic rings. The number of pyridine rings is 1. The Hall–Kier alpha value is -2.48. The summed E-state index contributed by atoms with van der Waals surface area (Å²) in [5.74, 6) is 0. The van der Waals surface area contributed by atoms with Crippen molar-refractivity contribution in [3.63, 3.8) is 0 Å². The van der Waals surface area contributed by atoms with Crippen LogP contribution in [0.3, 0.4) is 0 Å². The van der Waals surface area contributed by atoms with E-state index in [1.165, 1.54) is 0 Å². The average Bonchev–Trinajstić information content (AvgIpc) is 2.46. The molecule has 86 valence electrons. The predicted molar refractivity (Wildman–Crippen MR) is 75.4 cm³/mol. The summed E-state index contributed by atoms with van der Waals surface area (Å²) in [6, 6.07) is 20.1. The Balaban J connectivity index is 1.93. The SMILES string of the molecule is C(=Nc1ccccc1)c1cnc2ccccc2c1. The van der Waals surface area contributed by atoms with Crippen LogP contribution < -0.4 is 0 Å². The van der Waals surface area contributed by atoms with Crippen LogP contribution in [0.25, 0.3) is 10.9 Å². The molecule has 2 heteroatoms. The largest absolute Gasteiger partial charge is 0.256 e. The molecule has 0 saturated carbocycles. The van der Waals surface area contributed by atoms with E-state index in [1.807, 2.05) is 60.9 Å². The molecule has 18 heavy (non-hydrogen) atoms. The lowest BCUT2D eigenvalue weighted by Gasteiger charge is -1.98. The fraction of sp³-hybridized carbons (Fsp3) is 0. The Morgan fingerprint density at radius 2 is 1.67 bits per heavy atom. The minimum Gasteiger partial charge on any atom is -0.256 e. The lowest BCUT2D eigenvalue weighted by atomic mass is 10.2. The molecular formula is C16H12N2. The van der Waals surface area contributed by atoms with E-state index >= 15 is 0 Å². The Morgan fingerprint density at radius 1 is 0.889 bits per heavy atom. The fourth-order valence-electron chi connectivity index (χ4n) is 1.82. The molecule has 0 saturated heterocycles. The molecule has 0 spiro atoms. The number of hydrogen-bond donors (Lipinski definition) is 0. The first-order valence-corrected chi connectivity index (χ1v) is 5.86. The molecule has 3 aromatic rings. The van der Waals surface area contributed by atoms with Crippen molar-refractivity contribution in [2.45, 2.75) is 0 Å². The Bertz CT molecular complexity index is 688. The number of fused-ring (bicyclic) bond motifs is 1. The summed E-state index contributed by atoms with van der Waals surface area (Å²) in [6.45, 7) is 0. The van der Waals surface area contributed by atoms with Gasteiger partial charge in [0.15, 0.2) is 0 Å². The number of benzene rings is 2. The van der Waals surface area contributed by atoms with Gasteiger partial charge in [-0.3, -0.25) is 9.98 Å². The zero-order chi connectivity index (χ0) is 12.2. The van der Waals surface area contributed by atoms with Gasteiger partial charge in [0.2, 0.25) is 0 Å². The van der Waals surface area contributed by atoms with Crippen molar-refractivity contribution in [2.75, 3.05) is 0 Å². The van der Waals surface area contributed by atoms with Gasteiger partial charge in [-0.1, -0.05) is 36.4 Å². The molecule has 0 amide bonds. The van der Waals surface area contributed by atoms with E-state index in [2.05, 4.69) is 22.1 Å². The lowest BCUT2D eigenvalue weighted by molar-refractivity contribution is 1.40. The second kappa shape index (κ2) is 4.80. The van der Waals surface area contributed by atoms with Gasteiger partial charge in [0, 0.05) is 23.4 Å². The van der Waals surface area contributed by atoms with Gasteiger partial charge in [-0.15, -0.1) is 0 Å². The Kier molecular flexibility index (Phi) is 2.84. The second-order valence-corrected chi connectivity index (χ2v) is 4.06. The highest BCUT2D eigenvalue weighted by molar-refractivity contribution is 5.88. The van der Waals surface area contributed by atoms with Crippen LogP contribution in [0, 0.1) is 0 Å². The summed E-state index contributed by atoms with van der Waals surface area (Å²) in [4.78, 5) is 8.82. The van der Waals surface area contributed by atoms with Crippen molar-refractivity contribution in [2.24, 2.45) is 4.99 Å². The first-order valence-electron chi connectivity index (χ1n) is 5.86. The molecule has 0 atom stereocenters. The van der Waals surface area contributed by atoms with Crippen molar-refractivity contribution in [1.82, 2.24) is 4.98 Å². The second-order valence-electron chi connectivity index (χ2n) is 4.06. The van der Waals surface area contributed by atoms with Gasteiger partial charge < -0.3 is 0 Å². The van der Waals surface area contributed by atoms with Crippen LogP contribution in [0.15, 0.2) is 71.9 Å². The molecular weight excluding hydrogens is 220 g/mol. The zero-order valence-electron chi connectivity index (χ0n) is 9.82. The molecule has 0 radical (unpaired) electrons. The molecule has 3 rings (SSSR count). The minimum absolute atomic E-state index is 0.950. The normalized spacial score (nSPS) is 11.1. The highest BCUT2D eigenvalue weighted by Crippen LogP contribution is 2.13. The van der Waals surface area contributed by atoms with Gasteiger partial charge in [0.25, 0.3) is 0 Å².